The number of nitro groups is 1. The molecule has 0 N–H and O–H groups in total. The van der Waals surface area contributed by atoms with Crippen molar-refractivity contribution in [1.29, 1.82) is 0 Å². The highest BCUT2D eigenvalue weighted by molar-refractivity contribution is 8.03. The van der Waals surface area contributed by atoms with Gasteiger partial charge in [-0.15, -0.1) is 11.8 Å². The minimum absolute atomic E-state index is 0.0462. The van der Waals surface area contributed by atoms with Gasteiger partial charge in [0.1, 0.15) is 17.7 Å². The summed E-state index contributed by atoms with van der Waals surface area (Å²) in [5.74, 6) is -0.273. The van der Waals surface area contributed by atoms with E-state index in [0.717, 1.165) is 0 Å². The van der Waals surface area contributed by atoms with Crippen molar-refractivity contribution in [2.45, 2.75) is 18.9 Å². The molecule has 1 saturated heterocycles. The number of benzene rings is 1. The Hall–Kier alpha value is -3.47. The van der Waals surface area contributed by atoms with E-state index in [1.807, 2.05) is 0 Å². The lowest BCUT2D eigenvalue weighted by atomic mass is 10.0. The number of thioether (sulfide) groups is 1. The molecule has 11 heteroatoms. The number of hydrogen-bond acceptors (Lipinski definition) is 9. The molecule has 10 nitrogen and oxygen atoms in total. The van der Waals surface area contributed by atoms with Gasteiger partial charge in [0.2, 0.25) is 5.89 Å². The second-order valence-electron chi connectivity index (χ2n) is 5.94. The van der Waals surface area contributed by atoms with Crippen molar-refractivity contribution < 1.29 is 23.8 Å². The van der Waals surface area contributed by atoms with Gasteiger partial charge in [0, 0.05) is 24.5 Å². The Bertz CT molecular complexity index is 1040. The number of carbonyl (C=O) groups excluding carboxylic acids is 2. The highest BCUT2D eigenvalue weighted by Gasteiger charge is 2.50. The predicted octanol–water partition coefficient (Wildman–Crippen LogP) is 2.17. The average Bonchev–Trinajstić information content (AvgIpc) is 3.28. The normalized spacial score (nSPS) is 19.2. The molecule has 2 aliphatic heterocycles. The van der Waals surface area contributed by atoms with Gasteiger partial charge < -0.3 is 9.26 Å². The molecule has 1 aromatic heterocycles. The number of nitro benzene ring substituents is 1. The van der Waals surface area contributed by atoms with Gasteiger partial charge in [-0.2, -0.15) is 4.98 Å². The standard InChI is InChI=1S/C17H12N4O6S/c1-9-18-14(19-27-9)6-12-15(22)20-13(8-28-16(12)20)17(23)26-7-10-2-4-11(5-3-10)21(24)25/h2-6,8,16H,7H2,1H3/b12-6-/t16-/m1/s1. The molecule has 0 saturated carbocycles. The van der Waals surface area contributed by atoms with E-state index in [-0.39, 0.29) is 29.3 Å². The Morgan fingerprint density at radius 2 is 2.18 bits per heavy atom. The van der Waals surface area contributed by atoms with E-state index in [2.05, 4.69) is 10.1 Å². The third-order valence-electron chi connectivity index (χ3n) is 4.09. The van der Waals surface area contributed by atoms with Crippen molar-refractivity contribution in [1.82, 2.24) is 15.0 Å². The Balaban J connectivity index is 1.38. The molecule has 0 bridgehead atoms. The lowest BCUT2D eigenvalue weighted by molar-refractivity contribution is -0.384. The first-order valence-corrected chi connectivity index (χ1v) is 9.00. The Morgan fingerprint density at radius 3 is 2.82 bits per heavy atom. The summed E-state index contributed by atoms with van der Waals surface area (Å²) < 4.78 is 10.1. The molecule has 2 aromatic rings. The zero-order chi connectivity index (χ0) is 19.8. The van der Waals surface area contributed by atoms with Gasteiger partial charge in [-0.3, -0.25) is 19.8 Å². The van der Waals surface area contributed by atoms with Crippen LogP contribution in [-0.4, -0.2) is 37.2 Å². The third kappa shape index (κ3) is 3.16. The first kappa shape index (κ1) is 17.9. The molecular formula is C17H12N4O6S. The summed E-state index contributed by atoms with van der Waals surface area (Å²) >= 11 is 1.31. The Kier molecular flexibility index (Phi) is 4.43. The van der Waals surface area contributed by atoms with E-state index in [9.17, 15) is 19.7 Å². The van der Waals surface area contributed by atoms with Crippen LogP contribution in [0.4, 0.5) is 5.69 Å². The summed E-state index contributed by atoms with van der Waals surface area (Å²) in [6.45, 7) is 1.59. The maximum Gasteiger partial charge on any atom is 0.355 e. The number of rotatable bonds is 5. The van der Waals surface area contributed by atoms with Crippen LogP contribution in [0.2, 0.25) is 0 Å². The number of β-lactam (4-membered cyclic amide) rings is 1. The summed E-state index contributed by atoms with van der Waals surface area (Å²) in [6, 6.07) is 5.68. The molecule has 3 heterocycles. The highest BCUT2D eigenvalue weighted by atomic mass is 32.2. The molecular weight excluding hydrogens is 388 g/mol. The minimum atomic E-state index is -0.642. The largest absolute Gasteiger partial charge is 0.456 e. The molecule has 1 aromatic carbocycles. The Labute approximate surface area is 162 Å². The number of nitrogens with zero attached hydrogens (tertiary/aromatic N) is 4. The lowest BCUT2D eigenvalue weighted by Crippen LogP contribution is -2.51. The monoisotopic (exact) mass is 400 g/mol. The predicted molar refractivity (Wildman–Crippen MR) is 96.2 cm³/mol. The molecule has 142 valence electrons. The molecule has 0 aliphatic carbocycles. The number of carbonyl (C=O) groups is 2. The smallest absolute Gasteiger partial charge is 0.355 e. The quantitative estimate of drug-likeness (QED) is 0.244. The van der Waals surface area contributed by atoms with Crippen LogP contribution in [-0.2, 0) is 20.9 Å². The zero-order valence-electron chi connectivity index (χ0n) is 14.4. The van der Waals surface area contributed by atoms with Crippen LogP contribution in [0.5, 0.6) is 0 Å². The van der Waals surface area contributed by atoms with Crippen LogP contribution >= 0.6 is 11.8 Å². The number of aryl methyl sites for hydroxylation is 1. The van der Waals surface area contributed by atoms with E-state index < -0.39 is 10.9 Å². The number of fused-ring (bicyclic) bond motifs is 1. The SMILES string of the molecule is Cc1nc(/C=C2/C(=O)N3C(C(=O)OCc4ccc([N+](=O)[O-])cc4)=CS[C@H]23)no1. The van der Waals surface area contributed by atoms with Gasteiger partial charge in [-0.1, -0.05) is 5.16 Å². The molecule has 0 spiro atoms. The number of hydrogen-bond donors (Lipinski definition) is 0. The van der Waals surface area contributed by atoms with E-state index in [1.54, 1.807) is 12.3 Å². The molecule has 1 atom stereocenters. The van der Waals surface area contributed by atoms with Crippen molar-refractivity contribution >= 4 is 35.4 Å². The van der Waals surface area contributed by atoms with E-state index >= 15 is 0 Å². The Morgan fingerprint density at radius 1 is 1.43 bits per heavy atom. The lowest BCUT2D eigenvalue weighted by Gasteiger charge is -2.37. The first-order valence-electron chi connectivity index (χ1n) is 8.05. The number of esters is 1. The fourth-order valence-corrected chi connectivity index (χ4v) is 3.82. The number of non-ortho nitro benzene ring substituents is 1. The van der Waals surface area contributed by atoms with Gasteiger partial charge in [0.05, 0.1) is 10.5 Å². The molecule has 1 fully saturated rings. The van der Waals surface area contributed by atoms with Gasteiger partial charge in [-0.05, 0) is 23.8 Å². The summed E-state index contributed by atoms with van der Waals surface area (Å²) in [7, 11) is 0. The van der Waals surface area contributed by atoms with Crippen molar-refractivity contribution in [2.75, 3.05) is 0 Å². The highest BCUT2D eigenvalue weighted by Crippen LogP contribution is 2.45. The summed E-state index contributed by atoms with van der Waals surface area (Å²) in [5.41, 5.74) is 1.18. The van der Waals surface area contributed by atoms with Crippen LogP contribution in [0, 0.1) is 17.0 Å². The van der Waals surface area contributed by atoms with Gasteiger partial charge in [-0.25, -0.2) is 4.79 Å². The van der Waals surface area contributed by atoms with Crippen LogP contribution < -0.4 is 0 Å². The van der Waals surface area contributed by atoms with Crippen molar-refractivity contribution in [2.24, 2.45) is 0 Å². The van der Waals surface area contributed by atoms with Gasteiger partial charge >= 0.3 is 5.97 Å². The zero-order valence-corrected chi connectivity index (χ0v) is 15.2. The van der Waals surface area contributed by atoms with Crippen molar-refractivity contribution in [3.8, 4) is 0 Å². The maximum atomic E-state index is 12.4. The molecule has 4 rings (SSSR count). The van der Waals surface area contributed by atoms with E-state index in [0.29, 0.717) is 22.9 Å². The van der Waals surface area contributed by atoms with Crippen LogP contribution in [0.1, 0.15) is 17.3 Å². The first-order chi connectivity index (χ1) is 13.4. The molecule has 0 unspecified atom stereocenters. The third-order valence-corrected chi connectivity index (χ3v) is 5.17. The average molecular weight is 400 g/mol. The number of ether oxygens (including phenoxy) is 1. The maximum absolute atomic E-state index is 12.4. The van der Waals surface area contributed by atoms with Gasteiger partial charge in [0.15, 0.2) is 5.82 Å². The van der Waals surface area contributed by atoms with Crippen molar-refractivity contribution in [3.63, 3.8) is 0 Å². The second-order valence-corrected chi connectivity index (χ2v) is 6.89. The van der Waals surface area contributed by atoms with Crippen LogP contribution in [0.3, 0.4) is 0 Å². The molecule has 1 amide bonds. The van der Waals surface area contributed by atoms with Crippen LogP contribution in [0.15, 0.2) is 45.5 Å². The topological polar surface area (TPSA) is 129 Å². The van der Waals surface area contributed by atoms with Gasteiger partial charge in [0.25, 0.3) is 11.6 Å². The number of aromatic nitrogens is 2. The second kappa shape index (κ2) is 6.93. The number of amides is 1. The summed E-state index contributed by atoms with van der Waals surface area (Å²) in [6.07, 6.45) is 1.53. The van der Waals surface area contributed by atoms with Crippen molar-refractivity contribution in [3.05, 3.63) is 68.3 Å². The fraction of sp³-hybridized carbons (Fsp3) is 0.176. The summed E-state index contributed by atoms with van der Waals surface area (Å²) in [5, 5.41) is 15.6. The summed E-state index contributed by atoms with van der Waals surface area (Å²) in [4.78, 5) is 40.2. The molecule has 28 heavy (non-hydrogen) atoms. The van der Waals surface area contributed by atoms with E-state index in [1.165, 1.54) is 47.0 Å². The van der Waals surface area contributed by atoms with E-state index in [4.69, 9.17) is 9.26 Å². The molecule has 0 radical (unpaired) electrons. The minimum Gasteiger partial charge on any atom is -0.456 e. The fourth-order valence-electron chi connectivity index (χ4n) is 2.71. The molecule has 2 aliphatic rings. The van der Waals surface area contributed by atoms with Crippen LogP contribution in [0.25, 0.3) is 6.08 Å².